The summed E-state index contributed by atoms with van der Waals surface area (Å²) in [4.78, 5) is 16.8. The molecule has 0 aliphatic rings. The first-order valence-electron chi connectivity index (χ1n) is 7.24. The first-order valence-corrected chi connectivity index (χ1v) is 8.88. The molecule has 0 unspecified atom stereocenters. The van der Waals surface area contributed by atoms with Crippen molar-refractivity contribution in [1.29, 1.82) is 0 Å². The minimum atomic E-state index is -0.240. The molecule has 0 aliphatic carbocycles. The van der Waals surface area contributed by atoms with Crippen molar-refractivity contribution in [3.05, 3.63) is 51.1 Å². The summed E-state index contributed by atoms with van der Waals surface area (Å²) in [5.41, 5.74) is 2.71. The Morgan fingerprint density at radius 2 is 2.12 bits per heavy atom. The average Bonchev–Trinajstić information content (AvgIpc) is 3.16. The quantitative estimate of drug-likeness (QED) is 0.700. The van der Waals surface area contributed by atoms with Gasteiger partial charge in [0, 0.05) is 22.5 Å². The molecule has 0 saturated carbocycles. The molecule has 124 valence electrons. The Morgan fingerprint density at radius 3 is 2.88 bits per heavy atom. The van der Waals surface area contributed by atoms with Gasteiger partial charge in [0.25, 0.3) is 5.91 Å². The van der Waals surface area contributed by atoms with Crippen LogP contribution >= 0.6 is 34.5 Å². The lowest BCUT2D eigenvalue weighted by atomic mass is 10.2. The summed E-state index contributed by atoms with van der Waals surface area (Å²) in [5.74, 6) is -0.240. The molecule has 0 aliphatic heterocycles. The second-order valence-corrected chi connectivity index (χ2v) is 6.80. The molecule has 5 nitrogen and oxygen atoms in total. The number of hydrogen-bond donors (Lipinski definition) is 1. The third-order valence-electron chi connectivity index (χ3n) is 3.36. The zero-order chi connectivity index (χ0) is 17.3. The van der Waals surface area contributed by atoms with Gasteiger partial charge in [0.2, 0.25) is 0 Å². The van der Waals surface area contributed by atoms with E-state index in [1.165, 1.54) is 11.3 Å². The number of benzene rings is 1. The lowest BCUT2D eigenvalue weighted by Crippen LogP contribution is -2.17. The van der Waals surface area contributed by atoms with E-state index in [0.717, 1.165) is 11.3 Å². The number of carbonyl (C=O) groups excluding carboxylic acids is 1. The Morgan fingerprint density at radius 1 is 1.33 bits per heavy atom. The van der Waals surface area contributed by atoms with Crippen molar-refractivity contribution in [1.82, 2.24) is 14.8 Å². The Balaban J connectivity index is 1.83. The topological polar surface area (TPSA) is 59.8 Å². The van der Waals surface area contributed by atoms with E-state index < -0.39 is 0 Å². The number of rotatable bonds is 4. The van der Waals surface area contributed by atoms with Gasteiger partial charge in [-0.2, -0.15) is 5.10 Å². The average molecular weight is 381 g/mol. The second kappa shape index (κ2) is 6.93. The maximum absolute atomic E-state index is 12.4. The molecule has 2 heterocycles. The van der Waals surface area contributed by atoms with Gasteiger partial charge in [0.15, 0.2) is 5.13 Å². The Hall–Kier alpha value is -1.89. The van der Waals surface area contributed by atoms with Crippen LogP contribution in [-0.2, 0) is 6.54 Å². The fourth-order valence-corrected chi connectivity index (χ4v) is 3.37. The highest BCUT2D eigenvalue weighted by Gasteiger charge is 2.16. The van der Waals surface area contributed by atoms with Gasteiger partial charge in [0.05, 0.1) is 16.4 Å². The minimum absolute atomic E-state index is 0.240. The molecule has 0 bridgehead atoms. The van der Waals surface area contributed by atoms with Crippen LogP contribution in [0.4, 0.5) is 5.13 Å². The number of aromatic nitrogens is 3. The smallest absolute Gasteiger partial charge is 0.275 e. The number of anilines is 1. The molecule has 1 aromatic carbocycles. The fraction of sp³-hybridized carbons (Fsp3) is 0.188. The van der Waals surface area contributed by atoms with Crippen molar-refractivity contribution in [2.75, 3.05) is 5.32 Å². The van der Waals surface area contributed by atoms with Crippen molar-refractivity contribution in [3.63, 3.8) is 0 Å². The molecule has 0 spiro atoms. The van der Waals surface area contributed by atoms with Gasteiger partial charge in [0.1, 0.15) is 5.69 Å². The largest absolute Gasteiger partial charge is 0.296 e. The van der Waals surface area contributed by atoms with Gasteiger partial charge >= 0.3 is 0 Å². The van der Waals surface area contributed by atoms with Crippen molar-refractivity contribution in [3.8, 4) is 11.3 Å². The summed E-state index contributed by atoms with van der Waals surface area (Å²) in [6, 6.07) is 6.94. The lowest BCUT2D eigenvalue weighted by Gasteiger charge is -2.04. The SMILES string of the molecule is CCn1nc(C)cc1C(=O)Nc1nc(-c2cc(Cl)ccc2Cl)cs1. The molecule has 0 fully saturated rings. The van der Waals surface area contributed by atoms with Gasteiger partial charge in [-0.25, -0.2) is 4.98 Å². The summed E-state index contributed by atoms with van der Waals surface area (Å²) in [7, 11) is 0. The van der Waals surface area contributed by atoms with Gasteiger partial charge in [-0.05, 0) is 38.1 Å². The zero-order valence-corrected chi connectivity index (χ0v) is 15.3. The van der Waals surface area contributed by atoms with Crippen LogP contribution in [0.3, 0.4) is 0 Å². The summed E-state index contributed by atoms with van der Waals surface area (Å²) < 4.78 is 1.66. The van der Waals surface area contributed by atoms with E-state index in [0.29, 0.717) is 33.1 Å². The summed E-state index contributed by atoms with van der Waals surface area (Å²) >= 11 is 13.5. The van der Waals surface area contributed by atoms with Crippen LogP contribution < -0.4 is 5.32 Å². The molecule has 8 heteroatoms. The van der Waals surface area contributed by atoms with E-state index in [1.54, 1.807) is 28.9 Å². The molecule has 0 atom stereocenters. The number of nitrogens with zero attached hydrogens (tertiary/aromatic N) is 3. The normalized spacial score (nSPS) is 10.8. The molecule has 3 aromatic rings. The van der Waals surface area contributed by atoms with E-state index in [2.05, 4.69) is 15.4 Å². The van der Waals surface area contributed by atoms with Crippen molar-refractivity contribution in [2.24, 2.45) is 0 Å². The molecule has 1 amide bonds. The van der Waals surface area contributed by atoms with E-state index >= 15 is 0 Å². The highest BCUT2D eigenvalue weighted by atomic mass is 35.5. The van der Waals surface area contributed by atoms with E-state index in [-0.39, 0.29) is 5.91 Å². The van der Waals surface area contributed by atoms with Crippen LogP contribution in [0.15, 0.2) is 29.6 Å². The Labute approximate surface area is 153 Å². The molecular weight excluding hydrogens is 367 g/mol. The number of amides is 1. The summed E-state index contributed by atoms with van der Waals surface area (Å²) in [6.45, 7) is 4.41. The first-order chi connectivity index (χ1) is 11.5. The molecule has 3 rings (SSSR count). The van der Waals surface area contributed by atoms with E-state index in [1.807, 2.05) is 19.2 Å². The Kier molecular flexibility index (Phi) is 4.89. The van der Waals surface area contributed by atoms with Crippen LogP contribution in [-0.4, -0.2) is 20.7 Å². The maximum atomic E-state index is 12.4. The number of aryl methyl sites for hydroxylation is 2. The molecule has 1 N–H and O–H groups in total. The Bertz CT molecular complexity index is 903. The van der Waals surface area contributed by atoms with Crippen LogP contribution in [0.25, 0.3) is 11.3 Å². The fourth-order valence-electron chi connectivity index (χ4n) is 2.28. The number of carbonyl (C=O) groups is 1. The van der Waals surface area contributed by atoms with Crippen LogP contribution in [0, 0.1) is 6.92 Å². The van der Waals surface area contributed by atoms with E-state index in [4.69, 9.17) is 23.2 Å². The number of halogens is 2. The second-order valence-electron chi connectivity index (χ2n) is 5.10. The van der Waals surface area contributed by atoms with Crippen molar-refractivity contribution in [2.45, 2.75) is 20.4 Å². The maximum Gasteiger partial charge on any atom is 0.275 e. The van der Waals surface area contributed by atoms with Crippen LogP contribution in [0.2, 0.25) is 10.0 Å². The van der Waals surface area contributed by atoms with Gasteiger partial charge in [-0.15, -0.1) is 11.3 Å². The standard InChI is InChI=1S/C16H14Cl2N4OS/c1-3-22-14(6-9(2)21-22)15(23)20-16-19-13(8-24-16)11-7-10(17)4-5-12(11)18/h4-8H,3H2,1-2H3,(H,19,20,23). The third kappa shape index (κ3) is 3.45. The van der Waals surface area contributed by atoms with Gasteiger partial charge in [-0.3, -0.25) is 14.8 Å². The lowest BCUT2D eigenvalue weighted by molar-refractivity contribution is 0.101. The number of nitrogens with one attached hydrogen (secondary N) is 1. The predicted octanol–water partition coefficient (Wildman–Crippen LogP) is 4.89. The molecule has 0 saturated heterocycles. The molecular formula is C16H14Cl2N4OS. The van der Waals surface area contributed by atoms with E-state index in [9.17, 15) is 4.79 Å². The predicted molar refractivity (Wildman–Crippen MR) is 98.2 cm³/mol. The van der Waals surface area contributed by atoms with Gasteiger partial charge < -0.3 is 0 Å². The monoisotopic (exact) mass is 380 g/mol. The molecule has 2 aromatic heterocycles. The first kappa shape index (κ1) is 17.0. The van der Waals surface area contributed by atoms with Gasteiger partial charge in [-0.1, -0.05) is 23.2 Å². The van der Waals surface area contributed by atoms with Crippen LogP contribution in [0.1, 0.15) is 23.1 Å². The number of hydrogen-bond acceptors (Lipinski definition) is 4. The number of thiazole rings is 1. The highest BCUT2D eigenvalue weighted by molar-refractivity contribution is 7.14. The molecule has 0 radical (unpaired) electrons. The third-order valence-corrected chi connectivity index (χ3v) is 4.69. The van der Waals surface area contributed by atoms with Crippen molar-refractivity contribution >= 4 is 45.6 Å². The minimum Gasteiger partial charge on any atom is -0.296 e. The van der Waals surface area contributed by atoms with Crippen LogP contribution in [0.5, 0.6) is 0 Å². The molecule has 24 heavy (non-hydrogen) atoms. The zero-order valence-electron chi connectivity index (χ0n) is 13.0. The summed E-state index contributed by atoms with van der Waals surface area (Å²) in [6.07, 6.45) is 0. The highest BCUT2D eigenvalue weighted by Crippen LogP contribution is 2.32. The summed E-state index contributed by atoms with van der Waals surface area (Å²) in [5, 5.41) is 10.5. The van der Waals surface area contributed by atoms with Crippen molar-refractivity contribution < 1.29 is 4.79 Å².